The summed E-state index contributed by atoms with van der Waals surface area (Å²) in [7, 11) is 4.13. The summed E-state index contributed by atoms with van der Waals surface area (Å²) < 4.78 is 6.34. The van der Waals surface area contributed by atoms with Gasteiger partial charge in [-0.2, -0.15) is 0 Å². The van der Waals surface area contributed by atoms with Crippen molar-refractivity contribution in [2.45, 2.75) is 57.8 Å². The van der Waals surface area contributed by atoms with Crippen molar-refractivity contribution in [1.29, 1.82) is 0 Å². The lowest BCUT2D eigenvalue weighted by molar-refractivity contribution is 0.0779. The Morgan fingerprint density at radius 2 is 2.00 bits per heavy atom. The van der Waals surface area contributed by atoms with Gasteiger partial charge in [0.15, 0.2) is 0 Å². The molecule has 1 N–H and O–H groups in total. The monoisotopic (exact) mass is 475 g/mol. The van der Waals surface area contributed by atoms with Gasteiger partial charge in [-0.3, -0.25) is 4.98 Å². The Bertz CT molecular complexity index is 1170. The number of hydrogen-bond donors (Lipinski definition) is 1. The van der Waals surface area contributed by atoms with Crippen molar-refractivity contribution >= 4 is 39.7 Å². The second-order valence-electron chi connectivity index (χ2n) is 9.93. The molecule has 180 valence electrons. The lowest BCUT2D eigenvalue weighted by atomic mass is 9.71. The highest BCUT2D eigenvalue weighted by Gasteiger charge is 2.32. The van der Waals surface area contributed by atoms with E-state index in [-0.39, 0.29) is 0 Å². The molecule has 34 heavy (non-hydrogen) atoms. The molecule has 0 saturated heterocycles. The number of rotatable bonds is 10. The smallest absolute Gasteiger partial charge is 0.144 e. The molecule has 0 unspecified atom stereocenters. The van der Waals surface area contributed by atoms with Gasteiger partial charge in [-0.1, -0.05) is 44.5 Å². The zero-order valence-corrected chi connectivity index (χ0v) is 22.0. The Labute approximate surface area is 208 Å². The van der Waals surface area contributed by atoms with E-state index in [2.05, 4.69) is 91.9 Å². The van der Waals surface area contributed by atoms with Crippen molar-refractivity contribution in [2.75, 3.05) is 30.9 Å². The maximum atomic E-state index is 6.34. The summed E-state index contributed by atoms with van der Waals surface area (Å²) in [5.74, 6) is 0.906. The fourth-order valence-electron chi connectivity index (χ4n) is 4.28. The number of anilines is 3. The number of nitrogens with one attached hydrogen (secondary N) is 1. The first-order valence-corrected chi connectivity index (χ1v) is 13.2. The van der Waals surface area contributed by atoms with Gasteiger partial charge in [-0.25, -0.2) is 0 Å². The van der Waals surface area contributed by atoms with Crippen LogP contribution in [0.15, 0.2) is 59.0 Å². The lowest BCUT2D eigenvalue weighted by Crippen LogP contribution is -2.32. The molecular formula is C29H37N3OS. The molecule has 1 saturated carbocycles. The van der Waals surface area contributed by atoms with Gasteiger partial charge in [0.25, 0.3) is 0 Å². The minimum atomic E-state index is 0.309. The maximum absolute atomic E-state index is 6.34. The van der Waals surface area contributed by atoms with E-state index in [9.17, 15) is 0 Å². The van der Waals surface area contributed by atoms with Crippen molar-refractivity contribution in [2.24, 2.45) is 5.41 Å². The summed E-state index contributed by atoms with van der Waals surface area (Å²) in [5.41, 5.74) is 5.72. The van der Waals surface area contributed by atoms with E-state index in [0.29, 0.717) is 5.41 Å². The first-order chi connectivity index (χ1) is 16.4. The molecule has 0 amide bonds. The SMILES string of the molecule is CCC/C=C/Sc1ccc(Nc2ccnc3cc(OCC4(C)CCC4)c(N(C)C)cc23)cc1C. The number of nitrogens with zero attached hydrogens (tertiary/aromatic N) is 2. The van der Waals surface area contributed by atoms with E-state index in [1.807, 2.05) is 12.3 Å². The highest BCUT2D eigenvalue weighted by molar-refractivity contribution is 8.02. The van der Waals surface area contributed by atoms with Crippen LogP contribution in [0.4, 0.5) is 17.1 Å². The van der Waals surface area contributed by atoms with Gasteiger partial charge in [-0.15, -0.1) is 0 Å². The van der Waals surface area contributed by atoms with Crippen LogP contribution in [0.5, 0.6) is 5.75 Å². The first kappa shape index (κ1) is 24.5. The van der Waals surface area contributed by atoms with Gasteiger partial charge >= 0.3 is 0 Å². The fraction of sp³-hybridized carbons (Fsp3) is 0.414. The third-order valence-electron chi connectivity index (χ3n) is 6.64. The molecule has 0 atom stereocenters. The number of pyridine rings is 1. The highest BCUT2D eigenvalue weighted by atomic mass is 32.2. The second kappa shape index (κ2) is 10.7. The number of benzene rings is 2. The largest absolute Gasteiger partial charge is 0.491 e. The highest BCUT2D eigenvalue weighted by Crippen LogP contribution is 2.42. The Balaban J connectivity index is 1.58. The van der Waals surface area contributed by atoms with Crippen molar-refractivity contribution in [3.05, 3.63) is 59.6 Å². The van der Waals surface area contributed by atoms with Gasteiger partial charge in [0, 0.05) is 53.4 Å². The van der Waals surface area contributed by atoms with E-state index in [4.69, 9.17) is 4.74 Å². The molecule has 1 heterocycles. The van der Waals surface area contributed by atoms with Gasteiger partial charge < -0.3 is 15.0 Å². The Kier molecular flexibility index (Phi) is 7.72. The van der Waals surface area contributed by atoms with Crippen LogP contribution < -0.4 is 15.0 Å². The lowest BCUT2D eigenvalue weighted by Gasteiger charge is -2.38. The molecule has 4 rings (SSSR count). The van der Waals surface area contributed by atoms with E-state index < -0.39 is 0 Å². The molecule has 1 aromatic heterocycles. The molecular weight excluding hydrogens is 438 g/mol. The molecule has 4 nitrogen and oxygen atoms in total. The number of unbranched alkanes of at least 4 members (excludes halogenated alkanes) is 1. The van der Waals surface area contributed by atoms with Crippen LogP contribution in [-0.2, 0) is 0 Å². The van der Waals surface area contributed by atoms with E-state index >= 15 is 0 Å². The minimum Gasteiger partial charge on any atom is -0.491 e. The predicted molar refractivity (Wildman–Crippen MR) is 148 cm³/mol. The van der Waals surface area contributed by atoms with E-state index in [1.165, 1.54) is 36.1 Å². The van der Waals surface area contributed by atoms with Gasteiger partial charge in [0.05, 0.1) is 17.8 Å². The fourth-order valence-corrected chi connectivity index (χ4v) is 5.05. The topological polar surface area (TPSA) is 37.4 Å². The van der Waals surface area contributed by atoms with Crippen LogP contribution >= 0.6 is 11.8 Å². The summed E-state index contributed by atoms with van der Waals surface area (Å²) in [6.45, 7) is 7.45. The number of ether oxygens (including phenoxy) is 1. The molecule has 0 aliphatic heterocycles. The zero-order valence-electron chi connectivity index (χ0n) is 21.1. The molecule has 1 aliphatic rings. The quantitative estimate of drug-likeness (QED) is 0.298. The number of aromatic nitrogens is 1. The summed E-state index contributed by atoms with van der Waals surface area (Å²) in [6, 6.07) is 12.9. The van der Waals surface area contributed by atoms with Crippen molar-refractivity contribution in [3.8, 4) is 5.75 Å². The van der Waals surface area contributed by atoms with Crippen molar-refractivity contribution in [1.82, 2.24) is 4.98 Å². The van der Waals surface area contributed by atoms with Crippen LogP contribution in [0.2, 0.25) is 0 Å². The van der Waals surface area contributed by atoms with Crippen LogP contribution in [0.3, 0.4) is 0 Å². The van der Waals surface area contributed by atoms with Crippen LogP contribution in [-0.4, -0.2) is 25.7 Å². The van der Waals surface area contributed by atoms with Gasteiger partial charge in [0.2, 0.25) is 0 Å². The summed E-state index contributed by atoms with van der Waals surface area (Å²) in [4.78, 5) is 8.06. The number of aryl methyl sites for hydroxylation is 1. The van der Waals surface area contributed by atoms with Crippen molar-refractivity contribution in [3.63, 3.8) is 0 Å². The molecule has 1 fully saturated rings. The molecule has 0 spiro atoms. The average Bonchev–Trinajstić information content (AvgIpc) is 2.80. The first-order valence-electron chi connectivity index (χ1n) is 12.3. The summed E-state index contributed by atoms with van der Waals surface area (Å²) in [6.07, 6.45) is 10.2. The average molecular weight is 476 g/mol. The number of thioether (sulfide) groups is 1. The number of hydrogen-bond acceptors (Lipinski definition) is 5. The van der Waals surface area contributed by atoms with Crippen LogP contribution in [0.1, 0.15) is 51.5 Å². The molecule has 0 radical (unpaired) electrons. The van der Waals surface area contributed by atoms with Crippen molar-refractivity contribution < 1.29 is 4.74 Å². The van der Waals surface area contributed by atoms with Crippen LogP contribution in [0, 0.1) is 12.3 Å². The second-order valence-corrected chi connectivity index (χ2v) is 10.9. The summed E-state index contributed by atoms with van der Waals surface area (Å²) >= 11 is 1.79. The third kappa shape index (κ3) is 5.69. The van der Waals surface area contributed by atoms with Gasteiger partial charge in [-0.05, 0) is 67.5 Å². The Hall–Kier alpha value is -2.66. The zero-order chi connectivity index (χ0) is 24.1. The molecule has 1 aliphatic carbocycles. The summed E-state index contributed by atoms with van der Waals surface area (Å²) in [5, 5.41) is 6.91. The number of fused-ring (bicyclic) bond motifs is 1. The molecule has 2 aromatic carbocycles. The Morgan fingerprint density at radius 1 is 1.18 bits per heavy atom. The third-order valence-corrected chi connectivity index (χ3v) is 7.68. The molecule has 3 aromatic rings. The Morgan fingerprint density at radius 3 is 2.68 bits per heavy atom. The minimum absolute atomic E-state index is 0.309. The standard InChI is InChI=1S/C29H37N3OS/c1-6-7-8-16-34-28-11-10-22(17-21(28)2)31-24-12-15-30-25-19-27(26(32(4)5)18-23(24)25)33-20-29(3)13-9-14-29/h8,10-12,15-19H,6-7,9,13-14,20H2,1-5H3,(H,30,31)/b16-8+. The van der Waals surface area contributed by atoms with Crippen LogP contribution in [0.25, 0.3) is 10.9 Å². The molecule has 0 bridgehead atoms. The number of allylic oxidation sites excluding steroid dienone is 1. The predicted octanol–water partition coefficient (Wildman–Crippen LogP) is 8.33. The van der Waals surface area contributed by atoms with Gasteiger partial charge in [0.1, 0.15) is 5.75 Å². The molecule has 5 heteroatoms. The maximum Gasteiger partial charge on any atom is 0.144 e. The van der Waals surface area contributed by atoms with E-state index in [1.54, 1.807) is 11.8 Å². The van der Waals surface area contributed by atoms with E-state index in [0.717, 1.165) is 46.7 Å². The normalized spacial score (nSPS) is 14.9.